The summed E-state index contributed by atoms with van der Waals surface area (Å²) in [5, 5.41) is 4.39. The Balaban J connectivity index is 2.13. The molecule has 0 radical (unpaired) electrons. The molecule has 0 unspecified atom stereocenters. The Morgan fingerprint density at radius 2 is 1.96 bits per heavy atom. The van der Waals surface area contributed by atoms with Crippen LogP contribution in [-0.2, 0) is 14.8 Å². The highest BCUT2D eigenvalue weighted by Crippen LogP contribution is 2.18. The molecule has 0 saturated carbocycles. The number of rotatable bonds is 7. The molecule has 2 aromatic heterocycles. The van der Waals surface area contributed by atoms with Gasteiger partial charge in [-0.05, 0) is 29.5 Å². The van der Waals surface area contributed by atoms with Gasteiger partial charge in [-0.3, -0.25) is 4.79 Å². The lowest BCUT2D eigenvalue weighted by Crippen LogP contribution is -2.46. The fourth-order valence-corrected chi connectivity index (χ4v) is 4.43. The highest BCUT2D eigenvalue weighted by Gasteiger charge is 2.29. The highest BCUT2D eigenvalue weighted by atomic mass is 32.2. The normalized spacial score (nSPS) is 12.8. The van der Waals surface area contributed by atoms with Gasteiger partial charge in [0, 0.05) is 14.1 Å². The van der Waals surface area contributed by atoms with Crippen molar-refractivity contribution in [2.45, 2.75) is 24.1 Å². The third kappa shape index (κ3) is 5.00. The van der Waals surface area contributed by atoms with E-state index < -0.39 is 22.0 Å². The Hall–Kier alpha value is -1.97. The second-order valence-electron chi connectivity index (χ2n) is 6.06. The Bertz CT molecular complexity index is 800. The number of carbonyl (C=O) groups excluding carboxylic acids is 1. The summed E-state index contributed by atoms with van der Waals surface area (Å²) in [6.07, 6.45) is 1.54. The van der Waals surface area contributed by atoms with Gasteiger partial charge < -0.3 is 10.2 Å². The van der Waals surface area contributed by atoms with Crippen LogP contribution in [0.1, 0.15) is 13.8 Å². The Morgan fingerprint density at radius 3 is 2.44 bits per heavy atom. The smallest absolute Gasteiger partial charge is 0.250 e. The number of nitrogens with one attached hydrogen (secondary N) is 2. The summed E-state index contributed by atoms with van der Waals surface area (Å²) in [5.74, 6) is 0.120. The number of pyridine rings is 1. The molecule has 0 saturated heterocycles. The van der Waals surface area contributed by atoms with Gasteiger partial charge in [0.25, 0.3) is 10.0 Å². The van der Waals surface area contributed by atoms with Gasteiger partial charge in [0.05, 0.1) is 11.9 Å². The summed E-state index contributed by atoms with van der Waals surface area (Å²) in [6, 6.07) is 5.77. The summed E-state index contributed by atoms with van der Waals surface area (Å²) in [4.78, 5) is 18.6. The molecule has 9 heteroatoms. The number of thiophene rings is 1. The van der Waals surface area contributed by atoms with Crippen molar-refractivity contribution in [1.82, 2.24) is 9.71 Å². The number of carbonyl (C=O) groups is 1. The lowest BCUT2D eigenvalue weighted by Gasteiger charge is -2.21. The molecule has 0 aliphatic heterocycles. The van der Waals surface area contributed by atoms with Crippen molar-refractivity contribution < 1.29 is 13.2 Å². The molecule has 25 heavy (non-hydrogen) atoms. The van der Waals surface area contributed by atoms with Crippen LogP contribution in [0.4, 0.5) is 11.5 Å². The van der Waals surface area contributed by atoms with Crippen molar-refractivity contribution in [3.8, 4) is 0 Å². The van der Waals surface area contributed by atoms with E-state index in [2.05, 4.69) is 15.0 Å². The van der Waals surface area contributed by atoms with Crippen LogP contribution in [0, 0.1) is 5.92 Å². The molecule has 0 aliphatic carbocycles. The van der Waals surface area contributed by atoms with Gasteiger partial charge in [-0.25, -0.2) is 13.4 Å². The van der Waals surface area contributed by atoms with E-state index in [4.69, 9.17) is 0 Å². The summed E-state index contributed by atoms with van der Waals surface area (Å²) in [7, 11) is 0.00851. The molecule has 0 aromatic carbocycles. The van der Waals surface area contributed by atoms with E-state index in [0.29, 0.717) is 5.69 Å². The second-order valence-corrected chi connectivity index (χ2v) is 8.95. The van der Waals surface area contributed by atoms with Crippen LogP contribution in [0.3, 0.4) is 0 Å². The molecule has 2 rings (SSSR count). The zero-order chi connectivity index (χ0) is 18.6. The standard InChI is InChI=1S/C16H22N4O3S2/c1-11(2)15(19-25(22,23)14-6-5-9-24-14)16(21)18-12-7-8-13(17-10-12)20(3)4/h5-11,15,19H,1-4H3,(H,18,21)/t15-/m1/s1. The fraction of sp³-hybridized carbons (Fsp3) is 0.375. The maximum atomic E-state index is 12.5. The van der Waals surface area contributed by atoms with Gasteiger partial charge in [0.1, 0.15) is 16.1 Å². The predicted octanol–water partition coefficient (Wildman–Crippen LogP) is 2.15. The monoisotopic (exact) mass is 382 g/mol. The lowest BCUT2D eigenvalue weighted by molar-refractivity contribution is -0.118. The van der Waals surface area contributed by atoms with E-state index in [1.54, 1.807) is 43.6 Å². The molecule has 7 nitrogen and oxygen atoms in total. The van der Waals surface area contributed by atoms with Gasteiger partial charge >= 0.3 is 0 Å². The van der Waals surface area contributed by atoms with Gasteiger partial charge in [0.15, 0.2) is 0 Å². The Morgan fingerprint density at radius 1 is 1.24 bits per heavy atom. The zero-order valence-corrected chi connectivity index (χ0v) is 16.2. The van der Waals surface area contributed by atoms with E-state index in [0.717, 1.165) is 17.2 Å². The molecular weight excluding hydrogens is 360 g/mol. The van der Waals surface area contributed by atoms with Crippen LogP contribution >= 0.6 is 11.3 Å². The molecule has 2 heterocycles. The number of nitrogens with zero attached hydrogens (tertiary/aromatic N) is 2. The van der Waals surface area contributed by atoms with Gasteiger partial charge in [-0.1, -0.05) is 19.9 Å². The van der Waals surface area contributed by atoms with Crippen LogP contribution < -0.4 is 14.9 Å². The van der Waals surface area contributed by atoms with Crippen LogP contribution in [0.15, 0.2) is 40.1 Å². The maximum absolute atomic E-state index is 12.5. The molecule has 0 fully saturated rings. The number of amides is 1. The van der Waals surface area contributed by atoms with Crippen molar-refractivity contribution in [2.75, 3.05) is 24.3 Å². The van der Waals surface area contributed by atoms with Crippen LogP contribution in [-0.4, -0.2) is 39.4 Å². The number of hydrogen-bond acceptors (Lipinski definition) is 6. The molecule has 2 aromatic rings. The fourth-order valence-electron chi connectivity index (χ4n) is 2.08. The SMILES string of the molecule is CC(C)[C@@H](NS(=O)(=O)c1cccs1)C(=O)Nc1ccc(N(C)C)nc1. The minimum absolute atomic E-state index is 0.183. The molecular formula is C16H22N4O3S2. The van der Waals surface area contributed by atoms with Crippen molar-refractivity contribution >= 4 is 38.8 Å². The summed E-state index contributed by atoms with van der Waals surface area (Å²) in [6.45, 7) is 3.57. The number of sulfonamides is 1. The minimum atomic E-state index is -3.73. The molecule has 1 atom stereocenters. The quantitative estimate of drug-likeness (QED) is 0.766. The first-order chi connectivity index (χ1) is 11.7. The van der Waals surface area contributed by atoms with Crippen molar-refractivity contribution in [2.24, 2.45) is 5.92 Å². The van der Waals surface area contributed by atoms with E-state index in [1.165, 1.54) is 6.07 Å². The highest BCUT2D eigenvalue weighted by molar-refractivity contribution is 7.91. The lowest BCUT2D eigenvalue weighted by atomic mass is 10.1. The number of aromatic nitrogens is 1. The van der Waals surface area contributed by atoms with Crippen LogP contribution in [0.5, 0.6) is 0 Å². The second kappa shape index (κ2) is 7.94. The van der Waals surface area contributed by atoms with Gasteiger partial charge in [0.2, 0.25) is 5.91 Å². The largest absolute Gasteiger partial charge is 0.363 e. The van der Waals surface area contributed by atoms with Crippen LogP contribution in [0.25, 0.3) is 0 Å². The third-order valence-electron chi connectivity index (χ3n) is 3.46. The van der Waals surface area contributed by atoms with Crippen molar-refractivity contribution in [3.05, 3.63) is 35.8 Å². The van der Waals surface area contributed by atoms with E-state index in [-0.39, 0.29) is 10.1 Å². The predicted molar refractivity (Wildman–Crippen MR) is 100 cm³/mol. The first-order valence-electron chi connectivity index (χ1n) is 7.71. The van der Waals surface area contributed by atoms with Gasteiger partial charge in [-0.15, -0.1) is 11.3 Å². The minimum Gasteiger partial charge on any atom is -0.363 e. The first-order valence-corrected chi connectivity index (χ1v) is 10.1. The van der Waals surface area contributed by atoms with Crippen LogP contribution in [0.2, 0.25) is 0 Å². The van der Waals surface area contributed by atoms with Gasteiger partial charge in [-0.2, -0.15) is 4.72 Å². The molecule has 0 spiro atoms. The average molecular weight is 383 g/mol. The topological polar surface area (TPSA) is 91.4 Å². The molecule has 2 N–H and O–H groups in total. The molecule has 1 amide bonds. The van der Waals surface area contributed by atoms with Crippen molar-refractivity contribution in [3.63, 3.8) is 0 Å². The Kier molecular flexibility index (Phi) is 6.15. The molecule has 136 valence electrons. The maximum Gasteiger partial charge on any atom is 0.250 e. The zero-order valence-electron chi connectivity index (χ0n) is 14.6. The summed E-state index contributed by atoms with van der Waals surface area (Å²) >= 11 is 1.11. The van der Waals surface area contributed by atoms with Crippen molar-refractivity contribution in [1.29, 1.82) is 0 Å². The molecule has 0 aliphatic rings. The molecule has 0 bridgehead atoms. The van der Waals surface area contributed by atoms with E-state index >= 15 is 0 Å². The third-order valence-corrected chi connectivity index (χ3v) is 6.30. The van der Waals surface area contributed by atoms with E-state index in [9.17, 15) is 13.2 Å². The summed E-state index contributed by atoms with van der Waals surface area (Å²) < 4.78 is 27.4. The Labute approximate surface area is 152 Å². The summed E-state index contributed by atoms with van der Waals surface area (Å²) in [5.41, 5.74) is 0.511. The number of hydrogen-bond donors (Lipinski definition) is 2. The average Bonchev–Trinajstić information content (AvgIpc) is 3.08. The van der Waals surface area contributed by atoms with E-state index in [1.807, 2.05) is 19.0 Å². The first kappa shape index (κ1) is 19.4. The number of anilines is 2.